The van der Waals surface area contributed by atoms with Crippen LogP contribution in [0.25, 0.3) is 0 Å². The van der Waals surface area contributed by atoms with Gasteiger partial charge in [-0.15, -0.1) is 0 Å². The first kappa shape index (κ1) is 24.0. The minimum absolute atomic E-state index is 0.00718. The highest BCUT2D eigenvalue weighted by molar-refractivity contribution is 14.1. The van der Waals surface area contributed by atoms with Crippen molar-refractivity contribution >= 4 is 22.6 Å². The van der Waals surface area contributed by atoms with Gasteiger partial charge < -0.3 is 15.6 Å². The molecule has 3 atom stereocenters. The summed E-state index contributed by atoms with van der Waals surface area (Å²) in [5.74, 6) is -0.180. The van der Waals surface area contributed by atoms with Crippen LogP contribution in [-0.4, -0.2) is 11.7 Å². The number of aromatic hydroxyl groups is 1. The Labute approximate surface area is 203 Å². The van der Waals surface area contributed by atoms with Crippen LogP contribution in [0.5, 0.6) is 11.5 Å². The molecule has 0 aromatic heterocycles. The van der Waals surface area contributed by atoms with Crippen molar-refractivity contribution < 1.29 is 9.84 Å². The van der Waals surface area contributed by atoms with Gasteiger partial charge in [0, 0.05) is 5.92 Å². The number of phenols is 1. The molecule has 0 saturated carbocycles. The van der Waals surface area contributed by atoms with E-state index < -0.39 is 11.3 Å². The fourth-order valence-electron chi connectivity index (χ4n) is 5.01. The molecule has 32 heavy (non-hydrogen) atoms. The number of phenolic OH excluding ortho intramolecular Hbond substituents is 1. The SMILES string of the molecule is CCOc1cc([C@@H]2[C@@H]3C[C@H](C(C)(C)C)CC=C3C(C#N)=C(N)C2(C#N)C#N)cc(I)c1O. The Bertz CT molecular complexity index is 1110. The summed E-state index contributed by atoms with van der Waals surface area (Å²) < 4.78 is 6.20. The van der Waals surface area contributed by atoms with E-state index in [2.05, 4.69) is 45.1 Å². The smallest absolute Gasteiger partial charge is 0.191 e. The van der Waals surface area contributed by atoms with Crippen molar-refractivity contribution in [1.29, 1.82) is 15.8 Å². The molecule has 0 spiro atoms. The zero-order chi connectivity index (χ0) is 23.8. The Morgan fingerprint density at radius 1 is 1.25 bits per heavy atom. The number of hydrogen-bond donors (Lipinski definition) is 2. The maximum absolute atomic E-state index is 10.5. The maximum atomic E-state index is 10.5. The summed E-state index contributed by atoms with van der Waals surface area (Å²) in [6.45, 7) is 8.73. The van der Waals surface area contributed by atoms with Crippen molar-refractivity contribution in [3.05, 3.63) is 44.2 Å². The van der Waals surface area contributed by atoms with Crippen molar-refractivity contribution in [1.82, 2.24) is 0 Å². The molecule has 0 unspecified atom stereocenters. The number of fused-ring (bicyclic) bond motifs is 1. The lowest BCUT2D eigenvalue weighted by Crippen LogP contribution is -2.44. The van der Waals surface area contributed by atoms with Crippen molar-refractivity contribution in [2.75, 3.05) is 6.61 Å². The Balaban J connectivity index is 2.34. The van der Waals surface area contributed by atoms with Crippen molar-refractivity contribution in [3.63, 3.8) is 0 Å². The fraction of sp³-hybridized carbons (Fsp3) is 0.480. The van der Waals surface area contributed by atoms with Gasteiger partial charge in [-0.25, -0.2) is 0 Å². The zero-order valence-electron chi connectivity index (χ0n) is 18.7. The monoisotopic (exact) mass is 542 g/mol. The molecule has 0 aliphatic heterocycles. The van der Waals surface area contributed by atoms with Gasteiger partial charge in [0.15, 0.2) is 16.9 Å². The van der Waals surface area contributed by atoms with Gasteiger partial charge >= 0.3 is 0 Å². The minimum Gasteiger partial charge on any atom is -0.504 e. The molecule has 2 aliphatic rings. The van der Waals surface area contributed by atoms with Crippen LogP contribution in [0.1, 0.15) is 52.0 Å². The summed E-state index contributed by atoms with van der Waals surface area (Å²) in [6.07, 6.45) is 3.60. The van der Waals surface area contributed by atoms with Crippen LogP contribution >= 0.6 is 22.6 Å². The molecule has 166 valence electrons. The topological polar surface area (TPSA) is 127 Å². The second-order valence-electron chi connectivity index (χ2n) is 9.49. The van der Waals surface area contributed by atoms with E-state index in [1.165, 1.54) is 0 Å². The van der Waals surface area contributed by atoms with E-state index in [1.54, 1.807) is 12.1 Å². The first-order valence-electron chi connectivity index (χ1n) is 10.6. The Hall–Kier alpha value is -2.70. The third kappa shape index (κ3) is 3.71. The van der Waals surface area contributed by atoms with Gasteiger partial charge in [0.05, 0.1) is 33.6 Å². The van der Waals surface area contributed by atoms with E-state index in [9.17, 15) is 20.9 Å². The zero-order valence-corrected chi connectivity index (χ0v) is 20.9. The molecule has 6 nitrogen and oxygen atoms in total. The lowest BCUT2D eigenvalue weighted by atomic mass is 9.54. The Morgan fingerprint density at radius 3 is 2.44 bits per heavy atom. The number of ether oxygens (including phenoxy) is 1. The van der Waals surface area contributed by atoms with E-state index in [0.29, 0.717) is 27.4 Å². The van der Waals surface area contributed by atoms with Crippen LogP contribution in [-0.2, 0) is 0 Å². The number of benzene rings is 1. The molecule has 1 aromatic rings. The maximum Gasteiger partial charge on any atom is 0.191 e. The van der Waals surface area contributed by atoms with Gasteiger partial charge in [-0.2, -0.15) is 15.8 Å². The summed E-state index contributed by atoms with van der Waals surface area (Å²) in [5, 5.41) is 40.9. The van der Waals surface area contributed by atoms with Crippen LogP contribution in [0.2, 0.25) is 0 Å². The molecule has 0 radical (unpaired) electrons. The number of nitriles is 3. The molecular formula is C25H27IN4O2. The predicted octanol–water partition coefficient (Wildman–Crippen LogP) is 5.26. The predicted molar refractivity (Wildman–Crippen MR) is 129 cm³/mol. The molecule has 3 N–H and O–H groups in total. The normalized spacial score (nSPS) is 24.4. The van der Waals surface area contributed by atoms with Gasteiger partial charge in [-0.3, -0.25) is 0 Å². The highest BCUT2D eigenvalue weighted by Crippen LogP contribution is 2.58. The number of rotatable bonds is 3. The van der Waals surface area contributed by atoms with E-state index >= 15 is 0 Å². The summed E-state index contributed by atoms with van der Waals surface area (Å²) in [4.78, 5) is 0. The molecule has 0 bridgehead atoms. The second kappa shape index (κ2) is 8.68. The molecule has 0 amide bonds. The van der Waals surface area contributed by atoms with Crippen LogP contribution in [0.15, 0.2) is 35.1 Å². The largest absolute Gasteiger partial charge is 0.504 e. The molecular weight excluding hydrogens is 515 g/mol. The van der Waals surface area contributed by atoms with E-state index in [-0.39, 0.29) is 28.4 Å². The summed E-state index contributed by atoms with van der Waals surface area (Å²) >= 11 is 2.02. The quantitative estimate of drug-likeness (QED) is 0.502. The molecule has 0 heterocycles. The van der Waals surface area contributed by atoms with E-state index in [4.69, 9.17) is 10.5 Å². The molecule has 0 saturated heterocycles. The number of allylic oxidation sites excluding steroid dienone is 4. The number of nitrogens with zero attached hydrogens (tertiary/aromatic N) is 3. The van der Waals surface area contributed by atoms with Gasteiger partial charge in [-0.05, 0) is 82.9 Å². The lowest BCUT2D eigenvalue weighted by molar-refractivity contribution is 0.170. The van der Waals surface area contributed by atoms with Gasteiger partial charge in [0.25, 0.3) is 0 Å². The fourth-order valence-corrected chi connectivity index (χ4v) is 5.64. The van der Waals surface area contributed by atoms with Gasteiger partial charge in [0.2, 0.25) is 0 Å². The van der Waals surface area contributed by atoms with E-state index in [0.717, 1.165) is 18.4 Å². The van der Waals surface area contributed by atoms with Crippen molar-refractivity contribution in [2.24, 2.45) is 28.4 Å². The first-order chi connectivity index (χ1) is 15.0. The second-order valence-corrected chi connectivity index (χ2v) is 10.7. The van der Waals surface area contributed by atoms with Gasteiger partial charge in [0.1, 0.15) is 6.07 Å². The van der Waals surface area contributed by atoms with Crippen LogP contribution < -0.4 is 10.5 Å². The number of halogens is 1. The lowest BCUT2D eigenvalue weighted by Gasteiger charge is -2.47. The summed E-state index contributed by atoms with van der Waals surface area (Å²) in [7, 11) is 0. The van der Waals surface area contributed by atoms with Crippen LogP contribution in [0.4, 0.5) is 0 Å². The molecule has 3 rings (SSSR count). The van der Waals surface area contributed by atoms with Crippen molar-refractivity contribution in [2.45, 2.75) is 46.5 Å². The Kier molecular flexibility index (Phi) is 6.50. The molecule has 0 fully saturated rings. The Morgan fingerprint density at radius 2 is 1.91 bits per heavy atom. The molecule has 2 aliphatic carbocycles. The van der Waals surface area contributed by atoms with E-state index in [1.807, 2.05) is 29.5 Å². The molecule has 1 aromatic carbocycles. The standard InChI is InChI=1S/C25H27IN4O2/c1-5-32-20-9-14(8-19(26)22(20)31)21-17-10-15(24(2,3)4)6-7-16(17)18(11-27)23(30)25(21,12-28)13-29/h7-9,15,17,21,31H,5-6,10,30H2,1-4H3/t15-,17-,21-/m1/s1. The van der Waals surface area contributed by atoms with Crippen LogP contribution in [0, 0.1) is 60.2 Å². The highest BCUT2D eigenvalue weighted by atomic mass is 127. The summed E-state index contributed by atoms with van der Waals surface area (Å²) in [5.41, 5.74) is 6.50. The van der Waals surface area contributed by atoms with Crippen LogP contribution in [0.3, 0.4) is 0 Å². The average molecular weight is 542 g/mol. The average Bonchev–Trinajstić information content (AvgIpc) is 2.75. The highest BCUT2D eigenvalue weighted by Gasteiger charge is 2.55. The third-order valence-electron chi connectivity index (χ3n) is 6.81. The van der Waals surface area contributed by atoms with Crippen molar-refractivity contribution in [3.8, 4) is 29.7 Å². The number of hydrogen-bond acceptors (Lipinski definition) is 6. The molecule has 7 heteroatoms. The summed E-state index contributed by atoms with van der Waals surface area (Å²) in [6, 6.07) is 10.0. The first-order valence-corrected chi connectivity index (χ1v) is 11.7. The number of nitrogens with two attached hydrogens (primary N) is 1. The van der Waals surface area contributed by atoms with Gasteiger partial charge in [-0.1, -0.05) is 26.8 Å². The third-order valence-corrected chi connectivity index (χ3v) is 7.63. The minimum atomic E-state index is -1.70.